The van der Waals surface area contributed by atoms with Crippen LogP contribution < -0.4 is 0 Å². The lowest BCUT2D eigenvalue weighted by atomic mass is 9.75. The van der Waals surface area contributed by atoms with Crippen LogP contribution in [0.2, 0.25) is 0 Å². The molecule has 0 unspecified atom stereocenters. The molecule has 1 rings (SSSR count). The highest BCUT2D eigenvalue weighted by Crippen LogP contribution is 2.38. The maximum absolute atomic E-state index is 4.54. The molecule has 16 heavy (non-hydrogen) atoms. The summed E-state index contributed by atoms with van der Waals surface area (Å²) in [5.41, 5.74) is 1.63. The normalized spacial score (nSPS) is 14.2. The molecule has 1 aromatic rings. The van der Waals surface area contributed by atoms with E-state index in [1.54, 1.807) is 0 Å². The molecule has 0 aliphatic rings. The predicted molar refractivity (Wildman–Crippen MR) is 69.7 cm³/mol. The Bertz CT molecular complexity index is 359. The van der Waals surface area contributed by atoms with Crippen molar-refractivity contribution < 1.29 is 0 Å². The SMILES string of the molecule is CC(C)(C)c1ccnn1C(C)(C)C(C)(C)C. The van der Waals surface area contributed by atoms with Crippen molar-refractivity contribution in [3.05, 3.63) is 18.0 Å². The van der Waals surface area contributed by atoms with Crippen molar-refractivity contribution in [2.45, 2.75) is 66.3 Å². The molecule has 0 aliphatic heterocycles. The van der Waals surface area contributed by atoms with Crippen LogP contribution >= 0.6 is 0 Å². The second kappa shape index (κ2) is 3.61. The van der Waals surface area contributed by atoms with Gasteiger partial charge in [-0.2, -0.15) is 5.10 Å². The molecule has 1 aromatic heterocycles. The Hall–Kier alpha value is -0.790. The zero-order valence-electron chi connectivity index (χ0n) is 12.0. The molecule has 0 fully saturated rings. The predicted octanol–water partition coefficient (Wildman–Crippen LogP) is 3.96. The molecule has 2 nitrogen and oxygen atoms in total. The Kier molecular flexibility index (Phi) is 3.00. The van der Waals surface area contributed by atoms with E-state index in [-0.39, 0.29) is 16.4 Å². The van der Waals surface area contributed by atoms with E-state index in [2.05, 4.69) is 71.2 Å². The lowest BCUT2D eigenvalue weighted by Gasteiger charge is -2.41. The van der Waals surface area contributed by atoms with E-state index in [0.717, 1.165) is 0 Å². The average molecular weight is 222 g/mol. The van der Waals surface area contributed by atoms with Gasteiger partial charge in [-0.3, -0.25) is 4.68 Å². The van der Waals surface area contributed by atoms with E-state index in [4.69, 9.17) is 0 Å². The highest BCUT2D eigenvalue weighted by atomic mass is 15.3. The van der Waals surface area contributed by atoms with Gasteiger partial charge in [-0.1, -0.05) is 41.5 Å². The van der Waals surface area contributed by atoms with Crippen LogP contribution in [0.25, 0.3) is 0 Å². The molecule has 92 valence electrons. The molecule has 1 heterocycles. The van der Waals surface area contributed by atoms with Crippen molar-refractivity contribution in [3.63, 3.8) is 0 Å². The van der Waals surface area contributed by atoms with Gasteiger partial charge in [0.2, 0.25) is 0 Å². The van der Waals surface area contributed by atoms with Crippen LogP contribution in [-0.4, -0.2) is 9.78 Å². The first-order chi connectivity index (χ1) is 6.98. The molecule has 0 radical (unpaired) electrons. The molecule has 0 aromatic carbocycles. The largest absolute Gasteiger partial charge is 0.263 e. The Labute approximate surface area is 100 Å². The van der Waals surface area contributed by atoms with E-state index in [1.165, 1.54) is 5.69 Å². The molecule has 0 saturated carbocycles. The van der Waals surface area contributed by atoms with Crippen molar-refractivity contribution in [3.8, 4) is 0 Å². The summed E-state index contributed by atoms with van der Waals surface area (Å²) in [5, 5.41) is 4.54. The molecule has 2 heteroatoms. The van der Waals surface area contributed by atoms with Crippen LogP contribution in [0, 0.1) is 5.41 Å². The summed E-state index contributed by atoms with van der Waals surface area (Å²) in [6, 6.07) is 2.13. The van der Waals surface area contributed by atoms with Crippen molar-refractivity contribution >= 4 is 0 Å². The maximum Gasteiger partial charge on any atom is 0.0623 e. The Morgan fingerprint density at radius 2 is 1.44 bits per heavy atom. The van der Waals surface area contributed by atoms with Crippen molar-refractivity contribution in [2.24, 2.45) is 5.41 Å². The summed E-state index contributed by atoms with van der Waals surface area (Å²) in [6.45, 7) is 18.0. The Morgan fingerprint density at radius 3 is 1.81 bits per heavy atom. The molecule has 0 bridgehead atoms. The van der Waals surface area contributed by atoms with Crippen LogP contribution in [0.15, 0.2) is 12.3 Å². The average Bonchev–Trinajstić information content (AvgIpc) is 2.47. The number of aromatic nitrogens is 2. The second-order valence-electron chi connectivity index (χ2n) is 7.19. The van der Waals surface area contributed by atoms with Gasteiger partial charge in [0.15, 0.2) is 0 Å². The number of nitrogens with zero attached hydrogens (tertiary/aromatic N) is 2. The monoisotopic (exact) mass is 222 g/mol. The van der Waals surface area contributed by atoms with Gasteiger partial charge >= 0.3 is 0 Å². The first kappa shape index (κ1) is 13.3. The fourth-order valence-corrected chi connectivity index (χ4v) is 1.63. The van der Waals surface area contributed by atoms with E-state index in [0.29, 0.717) is 0 Å². The third kappa shape index (κ3) is 2.16. The molecule has 0 aliphatic carbocycles. The smallest absolute Gasteiger partial charge is 0.0623 e. The van der Waals surface area contributed by atoms with E-state index in [1.807, 2.05) is 6.20 Å². The minimum absolute atomic E-state index is 0.0130. The van der Waals surface area contributed by atoms with Gasteiger partial charge in [0, 0.05) is 17.3 Å². The number of hydrogen-bond acceptors (Lipinski definition) is 1. The van der Waals surface area contributed by atoms with Crippen LogP contribution in [0.1, 0.15) is 61.1 Å². The number of hydrogen-bond donors (Lipinski definition) is 0. The molecular formula is C14H26N2. The van der Waals surface area contributed by atoms with Gasteiger partial charge in [-0.15, -0.1) is 0 Å². The molecule has 0 amide bonds. The third-order valence-electron chi connectivity index (χ3n) is 3.78. The van der Waals surface area contributed by atoms with E-state index in [9.17, 15) is 0 Å². The summed E-state index contributed by atoms with van der Waals surface area (Å²) in [5.74, 6) is 0. The lowest BCUT2D eigenvalue weighted by molar-refractivity contribution is 0.116. The highest BCUT2D eigenvalue weighted by Gasteiger charge is 2.38. The van der Waals surface area contributed by atoms with Gasteiger partial charge in [-0.05, 0) is 25.3 Å². The van der Waals surface area contributed by atoms with Gasteiger partial charge in [0.25, 0.3) is 0 Å². The minimum Gasteiger partial charge on any atom is -0.263 e. The summed E-state index contributed by atoms with van der Waals surface area (Å²) < 4.78 is 2.19. The van der Waals surface area contributed by atoms with Crippen LogP contribution in [0.4, 0.5) is 0 Å². The van der Waals surface area contributed by atoms with Gasteiger partial charge < -0.3 is 0 Å². The molecule has 0 N–H and O–H groups in total. The van der Waals surface area contributed by atoms with Crippen molar-refractivity contribution in [1.82, 2.24) is 9.78 Å². The summed E-state index contributed by atoms with van der Waals surface area (Å²) in [7, 11) is 0. The maximum atomic E-state index is 4.54. The summed E-state index contributed by atoms with van der Waals surface area (Å²) >= 11 is 0. The molecule has 0 saturated heterocycles. The van der Waals surface area contributed by atoms with Crippen LogP contribution in [-0.2, 0) is 11.0 Å². The molecule has 0 atom stereocenters. The zero-order chi connectivity index (χ0) is 12.8. The van der Waals surface area contributed by atoms with E-state index < -0.39 is 0 Å². The molecular weight excluding hydrogens is 196 g/mol. The summed E-state index contributed by atoms with van der Waals surface area (Å²) in [4.78, 5) is 0. The standard InChI is InChI=1S/C14H26N2/c1-12(2,3)11-9-10-15-16(11)14(7,8)13(4,5)6/h9-10H,1-8H3. The van der Waals surface area contributed by atoms with Crippen LogP contribution in [0.3, 0.4) is 0 Å². The topological polar surface area (TPSA) is 17.8 Å². The zero-order valence-corrected chi connectivity index (χ0v) is 12.0. The first-order valence-electron chi connectivity index (χ1n) is 6.03. The first-order valence-corrected chi connectivity index (χ1v) is 6.03. The Balaban J connectivity index is 3.31. The summed E-state index contributed by atoms with van der Waals surface area (Å²) in [6.07, 6.45) is 1.91. The Morgan fingerprint density at radius 1 is 0.938 bits per heavy atom. The fraction of sp³-hybridized carbons (Fsp3) is 0.786. The van der Waals surface area contributed by atoms with Gasteiger partial charge in [-0.25, -0.2) is 0 Å². The van der Waals surface area contributed by atoms with Crippen molar-refractivity contribution in [2.75, 3.05) is 0 Å². The fourth-order valence-electron chi connectivity index (χ4n) is 1.63. The third-order valence-corrected chi connectivity index (χ3v) is 3.78. The lowest BCUT2D eigenvalue weighted by Crippen LogP contribution is -2.43. The van der Waals surface area contributed by atoms with Crippen LogP contribution in [0.5, 0.6) is 0 Å². The van der Waals surface area contributed by atoms with Gasteiger partial charge in [0.05, 0.1) is 5.54 Å². The quantitative estimate of drug-likeness (QED) is 0.703. The highest BCUT2D eigenvalue weighted by molar-refractivity contribution is 5.15. The second-order valence-corrected chi connectivity index (χ2v) is 7.19. The van der Waals surface area contributed by atoms with Gasteiger partial charge in [0.1, 0.15) is 0 Å². The number of rotatable bonds is 1. The molecule has 0 spiro atoms. The van der Waals surface area contributed by atoms with Crippen molar-refractivity contribution in [1.29, 1.82) is 0 Å². The van der Waals surface area contributed by atoms with E-state index >= 15 is 0 Å². The minimum atomic E-state index is 0.0130.